The van der Waals surface area contributed by atoms with E-state index < -0.39 is 11.7 Å². The maximum Gasteiger partial charge on any atom is 0.420 e. The highest BCUT2D eigenvalue weighted by atomic mass is 35.5. The van der Waals surface area contributed by atoms with E-state index in [1.807, 2.05) is 27.7 Å². The van der Waals surface area contributed by atoms with Gasteiger partial charge in [-0.05, 0) is 47.2 Å². The molecule has 0 unspecified atom stereocenters. The van der Waals surface area contributed by atoms with Crippen LogP contribution in [-0.2, 0) is 11.0 Å². The van der Waals surface area contributed by atoms with E-state index >= 15 is 0 Å². The Balaban J connectivity index is 0.00000441. The van der Waals surface area contributed by atoms with Crippen LogP contribution in [0.25, 0.3) is 11.1 Å². The number of hydrogen-bond acceptors (Lipinski definition) is 7. The van der Waals surface area contributed by atoms with Crippen molar-refractivity contribution in [3.63, 3.8) is 0 Å². The van der Waals surface area contributed by atoms with E-state index in [1.165, 1.54) is 23.9 Å². The molecule has 2 N–H and O–H groups in total. The van der Waals surface area contributed by atoms with Gasteiger partial charge in [-0.3, -0.25) is 14.6 Å². The van der Waals surface area contributed by atoms with E-state index in [-0.39, 0.29) is 58.8 Å². The van der Waals surface area contributed by atoms with Crippen molar-refractivity contribution in [2.24, 2.45) is 0 Å². The summed E-state index contributed by atoms with van der Waals surface area (Å²) in [5, 5.41) is 13.5. The largest absolute Gasteiger partial charge is 0.508 e. The highest BCUT2D eigenvalue weighted by Gasteiger charge is 2.34. The van der Waals surface area contributed by atoms with Crippen molar-refractivity contribution >= 4 is 46.9 Å². The van der Waals surface area contributed by atoms with Gasteiger partial charge in [-0.15, -0.1) is 12.4 Å². The SMILES string of the molecule is CC(C)c1cc(O)cc(C(C)C)c1NC(=O)CN1CCN(CCSc2nc3cccc(C(F)(F)F)c3o2)CC1.Cl. The number of carbonyl (C=O) groups excluding carboxylic acids is 1. The lowest BCUT2D eigenvalue weighted by Gasteiger charge is -2.34. The van der Waals surface area contributed by atoms with Crippen molar-refractivity contribution in [3.8, 4) is 5.75 Å². The number of piperazine rings is 1. The van der Waals surface area contributed by atoms with Crippen molar-refractivity contribution in [1.29, 1.82) is 0 Å². The summed E-state index contributed by atoms with van der Waals surface area (Å²) < 4.78 is 45.1. The summed E-state index contributed by atoms with van der Waals surface area (Å²) in [5.74, 6) is 1.05. The second kappa shape index (κ2) is 13.5. The predicted octanol–water partition coefficient (Wildman–Crippen LogP) is 6.57. The molecular formula is C28H36ClF3N4O3S. The van der Waals surface area contributed by atoms with Gasteiger partial charge in [-0.1, -0.05) is 45.5 Å². The second-order valence-corrected chi connectivity index (χ2v) is 11.5. The van der Waals surface area contributed by atoms with E-state index in [0.717, 1.165) is 55.6 Å². The zero-order valence-electron chi connectivity index (χ0n) is 23.0. The molecule has 1 aliphatic rings. The maximum atomic E-state index is 13.2. The second-order valence-electron chi connectivity index (χ2n) is 10.5. The predicted molar refractivity (Wildman–Crippen MR) is 155 cm³/mol. The molecule has 0 bridgehead atoms. The summed E-state index contributed by atoms with van der Waals surface area (Å²) >= 11 is 1.30. The Morgan fingerprint density at radius 2 is 1.68 bits per heavy atom. The summed E-state index contributed by atoms with van der Waals surface area (Å²) in [6.45, 7) is 12.2. The van der Waals surface area contributed by atoms with Gasteiger partial charge in [0.2, 0.25) is 5.91 Å². The third-order valence-corrected chi connectivity index (χ3v) is 7.67. The molecule has 40 heavy (non-hydrogen) atoms. The van der Waals surface area contributed by atoms with E-state index in [4.69, 9.17) is 4.42 Å². The smallest absolute Gasteiger partial charge is 0.420 e. The number of oxazole rings is 1. The molecule has 2 heterocycles. The molecule has 0 saturated carbocycles. The Labute approximate surface area is 242 Å². The molecule has 7 nitrogen and oxygen atoms in total. The minimum absolute atomic E-state index is 0. The van der Waals surface area contributed by atoms with Crippen LogP contribution >= 0.6 is 24.2 Å². The number of hydrogen-bond donors (Lipinski definition) is 2. The number of phenols is 1. The number of nitrogens with zero attached hydrogens (tertiary/aromatic N) is 3. The lowest BCUT2D eigenvalue weighted by molar-refractivity contribution is -0.136. The highest BCUT2D eigenvalue weighted by molar-refractivity contribution is 7.99. The molecule has 1 aliphatic heterocycles. The number of thioether (sulfide) groups is 1. The van der Waals surface area contributed by atoms with Crippen LogP contribution in [0.1, 0.15) is 56.2 Å². The van der Waals surface area contributed by atoms with Gasteiger partial charge in [-0.2, -0.15) is 13.2 Å². The van der Waals surface area contributed by atoms with Crippen LogP contribution in [0.15, 0.2) is 40.0 Å². The number of aromatic hydroxyl groups is 1. The summed E-state index contributed by atoms with van der Waals surface area (Å²) in [4.78, 5) is 21.5. The lowest BCUT2D eigenvalue weighted by Crippen LogP contribution is -2.49. The minimum Gasteiger partial charge on any atom is -0.508 e. The van der Waals surface area contributed by atoms with Crippen molar-refractivity contribution in [2.45, 2.75) is 50.9 Å². The maximum absolute atomic E-state index is 13.2. The van der Waals surface area contributed by atoms with Gasteiger partial charge in [0.25, 0.3) is 5.22 Å². The van der Waals surface area contributed by atoms with Crippen LogP contribution < -0.4 is 5.32 Å². The number of benzene rings is 2. The Morgan fingerprint density at radius 3 is 2.25 bits per heavy atom. The topological polar surface area (TPSA) is 81.8 Å². The van der Waals surface area contributed by atoms with Gasteiger partial charge in [-0.25, -0.2) is 4.98 Å². The number of carbonyl (C=O) groups is 1. The van der Waals surface area contributed by atoms with Crippen LogP contribution in [0.2, 0.25) is 0 Å². The molecule has 0 atom stereocenters. The number of nitrogens with one attached hydrogen (secondary N) is 1. The first-order chi connectivity index (χ1) is 18.4. The zero-order chi connectivity index (χ0) is 28.3. The van der Waals surface area contributed by atoms with Gasteiger partial charge in [0, 0.05) is 44.2 Å². The molecule has 0 spiro atoms. The first-order valence-corrected chi connectivity index (χ1v) is 14.1. The van der Waals surface area contributed by atoms with Crippen molar-refractivity contribution in [3.05, 3.63) is 47.0 Å². The molecule has 1 aromatic heterocycles. The van der Waals surface area contributed by atoms with E-state index in [9.17, 15) is 23.1 Å². The average Bonchev–Trinajstić information content (AvgIpc) is 3.28. The molecule has 1 saturated heterocycles. The van der Waals surface area contributed by atoms with Crippen LogP contribution in [0.4, 0.5) is 18.9 Å². The number of anilines is 1. The fourth-order valence-corrected chi connectivity index (χ4v) is 5.58. The van der Waals surface area contributed by atoms with Crippen molar-refractivity contribution < 1.29 is 27.5 Å². The molecule has 2 aromatic carbocycles. The molecular weight excluding hydrogens is 565 g/mol. The Kier molecular flexibility index (Phi) is 10.8. The summed E-state index contributed by atoms with van der Waals surface area (Å²) in [7, 11) is 0. The zero-order valence-corrected chi connectivity index (χ0v) is 24.7. The van der Waals surface area contributed by atoms with Crippen molar-refractivity contribution in [2.75, 3.05) is 50.3 Å². The number of alkyl halides is 3. The molecule has 0 radical (unpaired) electrons. The van der Waals surface area contributed by atoms with Gasteiger partial charge < -0.3 is 14.8 Å². The van der Waals surface area contributed by atoms with Gasteiger partial charge in [0.15, 0.2) is 5.58 Å². The monoisotopic (exact) mass is 600 g/mol. The highest BCUT2D eigenvalue weighted by Crippen LogP contribution is 2.37. The Morgan fingerprint density at radius 1 is 1.07 bits per heavy atom. The first kappa shape index (κ1) is 32.0. The molecule has 0 aliphatic carbocycles. The number of rotatable bonds is 9. The molecule has 3 aromatic rings. The molecule has 12 heteroatoms. The van der Waals surface area contributed by atoms with Crippen molar-refractivity contribution in [1.82, 2.24) is 14.8 Å². The van der Waals surface area contributed by atoms with Crippen LogP contribution in [0.5, 0.6) is 5.75 Å². The van der Waals surface area contributed by atoms with Crippen LogP contribution in [0, 0.1) is 0 Å². The minimum atomic E-state index is -4.49. The third kappa shape index (κ3) is 7.84. The number of aromatic nitrogens is 1. The lowest BCUT2D eigenvalue weighted by atomic mass is 9.92. The first-order valence-electron chi connectivity index (χ1n) is 13.1. The normalized spacial score (nSPS) is 15.1. The van der Waals surface area contributed by atoms with Gasteiger partial charge in [0.05, 0.1) is 6.54 Å². The summed E-state index contributed by atoms with van der Waals surface area (Å²) in [6, 6.07) is 7.29. The molecule has 1 amide bonds. The number of phenolic OH excluding ortho intramolecular Hbond substituents is 1. The van der Waals surface area contributed by atoms with E-state index in [2.05, 4.69) is 20.1 Å². The van der Waals surface area contributed by atoms with Crippen LogP contribution in [0.3, 0.4) is 0 Å². The molecule has 220 valence electrons. The Hall–Kier alpha value is -2.47. The fraction of sp³-hybridized carbons (Fsp3) is 0.500. The number of para-hydroxylation sites is 1. The van der Waals surface area contributed by atoms with E-state index in [1.54, 1.807) is 12.1 Å². The Bertz CT molecular complexity index is 1280. The van der Waals surface area contributed by atoms with E-state index in [0.29, 0.717) is 5.75 Å². The number of fused-ring (bicyclic) bond motifs is 1. The average molecular weight is 601 g/mol. The third-order valence-electron chi connectivity index (χ3n) is 6.86. The molecule has 1 fully saturated rings. The standard InChI is InChI=1S/C28H35F3N4O3S.ClH/c1-17(2)20-14-19(36)15-21(18(3)4)25(20)33-24(37)16-35-10-8-34(9-11-35)12-13-39-27-32-23-7-5-6-22(26(23)38-27)28(29,30)31;/h5-7,14-15,17-18,36H,8-13,16H2,1-4H3,(H,33,37);1H. The summed E-state index contributed by atoms with van der Waals surface area (Å²) in [6.07, 6.45) is -4.49. The summed E-state index contributed by atoms with van der Waals surface area (Å²) in [5.41, 5.74) is 1.79. The number of halogens is 4. The van der Waals surface area contributed by atoms with Crippen LogP contribution in [-0.4, -0.2) is 70.8 Å². The molecule has 4 rings (SSSR count). The van der Waals surface area contributed by atoms with Gasteiger partial charge >= 0.3 is 6.18 Å². The number of amides is 1. The quantitative estimate of drug-likeness (QED) is 0.212. The fourth-order valence-electron chi connectivity index (χ4n) is 4.76. The van der Waals surface area contributed by atoms with Gasteiger partial charge in [0.1, 0.15) is 16.8 Å².